The largest absolute Gasteiger partial charge is 0.350 e. The van der Waals surface area contributed by atoms with Gasteiger partial charge >= 0.3 is 0 Å². The van der Waals surface area contributed by atoms with Crippen LogP contribution in [-0.2, 0) is 17.9 Å². The molecular weight excluding hydrogens is 302 g/mol. The molecule has 0 aliphatic rings. The Kier molecular flexibility index (Phi) is 6.51. The molecule has 5 nitrogen and oxygen atoms in total. The van der Waals surface area contributed by atoms with Gasteiger partial charge < -0.3 is 15.5 Å². The fourth-order valence-corrected chi connectivity index (χ4v) is 2.39. The summed E-state index contributed by atoms with van der Waals surface area (Å²) < 4.78 is 0. The van der Waals surface area contributed by atoms with Crippen molar-refractivity contribution >= 4 is 11.8 Å². The van der Waals surface area contributed by atoms with E-state index in [1.54, 1.807) is 24.3 Å². The topological polar surface area (TPSA) is 62.6 Å². The van der Waals surface area contributed by atoms with Crippen LogP contribution in [0.1, 0.15) is 21.5 Å². The maximum atomic E-state index is 12.0. The molecular formula is C19H24N3O2+. The number of benzene rings is 2. The number of hydrogen-bond donors (Lipinski definition) is 3. The Balaban J connectivity index is 1.82. The first kappa shape index (κ1) is 17.7. The van der Waals surface area contributed by atoms with Crippen molar-refractivity contribution in [3.63, 3.8) is 0 Å². The second-order valence-electron chi connectivity index (χ2n) is 5.98. The molecule has 0 bridgehead atoms. The first-order chi connectivity index (χ1) is 11.6. The molecule has 5 heteroatoms. The summed E-state index contributed by atoms with van der Waals surface area (Å²) >= 11 is 0. The Morgan fingerprint density at radius 1 is 0.875 bits per heavy atom. The Hall–Kier alpha value is -2.66. The third-order valence-electron chi connectivity index (χ3n) is 3.58. The number of carbonyl (C=O) groups is 2. The van der Waals surface area contributed by atoms with Crippen LogP contribution in [-0.4, -0.2) is 32.5 Å². The lowest BCUT2D eigenvalue weighted by Crippen LogP contribution is -3.04. The van der Waals surface area contributed by atoms with Crippen LogP contribution in [0.4, 0.5) is 0 Å². The van der Waals surface area contributed by atoms with Crippen molar-refractivity contribution in [3.05, 3.63) is 71.3 Å². The van der Waals surface area contributed by atoms with Gasteiger partial charge in [0.25, 0.3) is 5.91 Å². The van der Waals surface area contributed by atoms with E-state index in [2.05, 4.69) is 30.8 Å². The molecule has 0 fully saturated rings. The second kappa shape index (κ2) is 8.84. The van der Waals surface area contributed by atoms with Crippen molar-refractivity contribution in [1.82, 2.24) is 10.6 Å². The van der Waals surface area contributed by atoms with Crippen LogP contribution in [0.15, 0.2) is 54.6 Å². The van der Waals surface area contributed by atoms with Crippen LogP contribution in [0.2, 0.25) is 0 Å². The van der Waals surface area contributed by atoms with Gasteiger partial charge in [0.1, 0.15) is 6.54 Å². The molecule has 2 aromatic rings. The Bertz CT molecular complexity index is 684. The second-order valence-corrected chi connectivity index (χ2v) is 5.98. The number of quaternary nitrogens is 1. The molecule has 0 aromatic heterocycles. The minimum atomic E-state index is -0.248. The number of hydrogen-bond acceptors (Lipinski definition) is 2. The summed E-state index contributed by atoms with van der Waals surface area (Å²) in [4.78, 5) is 25.2. The van der Waals surface area contributed by atoms with Gasteiger partial charge in [0.05, 0.1) is 20.6 Å². The highest BCUT2D eigenvalue weighted by atomic mass is 16.2. The van der Waals surface area contributed by atoms with Gasteiger partial charge in [-0.3, -0.25) is 9.59 Å². The van der Waals surface area contributed by atoms with Crippen molar-refractivity contribution in [2.24, 2.45) is 0 Å². The predicted molar refractivity (Wildman–Crippen MR) is 93.6 cm³/mol. The standard InChI is InChI=1S/C19H23N3O2/c1-22(2)14-17-11-7-6-10-16(17)12-20-18(23)13-21-19(24)15-8-4-3-5-9-15/h3-11H,12-14H2,1-2H3,(H,20,23)(H,21,24)/p+1. The highest BCUT2D eigenvalue weighted by molar-refractivity contribution is 5.96. The van der Waals surface area contributed by atoms with Gasteiger partial charge in [-0.25, -0.2) is 0 Å². The van der Waals surface area contributed by atoms with Crippen molar-refractivity contribution in [2.75, 3.05) is 20.6 Å². The predicted octanol–water partition coefficient (Wildman–Crippen LogP) is 0.377. The van der Waals surface area contributed by atoms with Crippen molar-refractivity contribution in [1.29, 1.82) is 0 Å². The summed E-state index contributed by atoms with van der Waals surface area (Å²) in [6.45, 7) is 1.33. The summed E-state index contributed by atoms with van der Waals surface area (Å²) in [7, 11) is 4.18. The highest BCUT2D eigenvalue weighted by Gasteiger charge is 2.09. The summed E-state index contributed by atoms with van der Waals surface area (Å²) in [5, 5.41) is 5.48. The molecule has 24 heavy (non-hydrogen) atoms. The molecule has 2 amide bonds. The SMILES string of the molecule is C[NH+](C)Cc1ccccc1CNC(=O)CNC(=O)c1ccccc1. The summed E-state index contributed by atoms with van der Waals surface area (Å²) in [5.74, 6) is -0.450. The molecule has 2 aromatic carbocycles. The third kappa shape index (κ3) is 5.52. The normalized spacial score (nSPS) is 10.5. The van der Waals surface area contributed by atoms with Gasteiger partial charge in [0.2, 0.25) is 5.91 Å². The maximum Gasteiger partial charge on any atom is 0.251 e. The minimum absolute atomic E-state index is 0.0329. The summed E-state index contributed by atoms with van der Waals surface area (Å²) in [6, 6.07) is 16.9. The molecule has 0 saturated carbocycles. The number of nitrogens with one attached hydrogen (secondary N) is 3. The number of rotatable bonds is 7. The van der Waals surface area contributed by atoms with E-state index in [0.29, 0.717) is 12.1 Å². The van der Waals surface area contributed by atoms with Crippen molar-refractivity contribution in [3.8, 4) is 0 Å². The monoisotopic (exact) mass is 326 g/mol. The fourth-order valence-electron chi connectivity index (χ4n) is 2.39. The zero-order valence-electron chi connectivity index (χ0n) is 14.1. The Morgan fingerprint density at radius 2 is 1.50 bits per heavy atom. The Morgan fingerprint density at radius 3 is 2.17 bits per heavy atom. The highest BCUT2D eigenvalue weighted by Crippen LogP contribution is 2.07. The smallest absolute Gasteiger partial charge is 0.251 e. The molecule has 0 radical (unpaired) electrons. The van der Waals surface area contributed by atoms with Crippen LogP contribution in [0.3, 0.4) is 0 Å². The van der Waals surface area contributed by atoms with Crippen LogP contribution in [0.25, 0.3) is 0 Å². The van der Waals surface area contributed by atoms with E-state index < -0.39 is 0 Å². The van der Waals surface area contributed by atoms with E-state index in [0.717, 1.165) is 12.1 Å². The van der Waals surface area contributed by atoms with Crippen LogP contribution < -0.4 is 15.5 Å². The first-order valence-corrected chi connectivity index (χ1v) is 8.02. The minimum Gasteiger partial charge on any atom is -0.350 e. The number of carbonyl (C=O) groups excluding carboxylic acids is 2. The van der Waals surface area contributed by atoms with Crippen molar-refractivity contribution in [2.45, 2.75) is 13.1 Å². The van der Waals surface area contributed by atoms with Gasteiger partial charge in [-0.15, -0.1) is 0 Å². The van der Waals surface area contributed by atoms with E-state index in [9.17, 15) is 9.59 Å². The maximum absolute atomic E-state index is 12.0. The van der Waals surface area contributed by atoms with E-state index in [-0.39, 0.29) is 18.4 Å². The average molecular weight is 326 g/mol. The van der Waals surface area contributed by atoms with Gasteiger partial charge in [-0.1, -0.05) is 42.5 Å². The van der Waals surface area contributed by atoms with Crippen molar-refractivity contribution < 1.29 is 14.5 Å². The van der Waals surface area contributed by atoms with Gasteiger partial charge in [-0.2, -0.15) is 0 Å². The lowest BCUT2D eigenvalue weighted by atomic mass is 10.1. The van der Waals surface area contributed by atoms with Gasteiger partial charge in [0.15, 0.2) is 0 Å². The average Bonchev–Trinajstić information content (AvgIpc) is 2.59. The van der Waals surface area contributed by atoms with E-state index in [1.807, 2.05) is 24.3 Å². The van der Waals surface area contributed by atoms with Gasteiger partial charge in [0, 0.05) is 17.7 Å². The quantitative estimate of drug-likeness (QED) is 0.689. The lowest BCUT2D eigenvalue weighted by molar-refractivity contribution is -0.872. The molecule has 0 atom stereocenters. The molecule has 3 N–H and O–H groups in total. The molecule has 0 saturated heterocycles. The number of amides is 2. The lowest BCUT2D eigenvalue weighted by Gasteiger charge is -2.13. The summed E-state index contributed by atoms with van der Waals surface area (Å²) in [6.07, 6.45) is 0. The molecule has 0 aliphatic carbocycles. The first-order valence-electron chi connectivity index (χ1n) is 8.02. The van der Waals surface area contributed by atoms with E-state index >= 15 is 0 Å². The zero-order valence-corrected chi connectivity index (χ0v) is 14.1. The molecule has 0 spiro atoms. The Labute approximate surface area is 142 Å². The molecule has 0 aliphatic heterocycles. The molecule has 2 rings (SSSR count). The van der Waals surface area contributed by atoms with E-state index in [1.165, 1.54) is 10.5 Å². The van der Waals surface area contributed by atoms with Crippen LogP contribution in [0.5, 0.6) is 0 Å². The third-order valence-corrected chi connectivity index (χ3v) is 3.58. The van der Waals surface area contributed by atoms with E-state index in [4.69, 9.17) is 0 Å². The molecule has 126 valence electrons. The van der Waals surface area contributed by atoms with Crippen LogP contribution in [0, 0.1) is 0 Å². The van der Waals surface area contributed by atoms with Crippen LogP contribution >= 0.6 is 0 Å². The zero-order chi connectivity index (χ0) is 17.4. The fraction of sp³-hybridized carbons (Fsp3) is 0.263. The van der Waals surface area contributed by atoms with Gasteiger partial charge in [-0.05, 0) is 17.7 Å². The molecule has 0 heterocycles. The summed E-state index contributed by atoms with van der Waals surface area (Å²) in [5.41, 5.74) is 2.86. The molecule has 0 unspecified atom stereocenters.